The number of aliphatic hydroxyl groups is 2. The van der Waals surface area contributed by atoms with Gasteiger partial charge in [0.15, 0.2) is 18.2 Å². The summed E-state index contributed by atoms with van der Waals surface area (Å²) in [7, 11) is 0. The van der Waals surface area contributed by atoms with E-state index in [0.29, 0.717) is 5.56 Å². The van der Waals surface area contributed by atoms with E-state index < -0.39 is 49.1 Å². The average Bonchev–Trinajstić information content (AvgIpc) is 2.99. The molecule has 23 heavy (non-hydrogen) atoms. The Morgan fingerprint density at radius 3 is 2.61 bits per heavy atom. The zero-order chi connectivity index (χ0) is 16.6. The average molecular weight is 324 g/mol. The highest BCUT2D eigenvalue weighted by Gasteiger charge is 2.56. The Morgan fingerprint density at radius 2 is 2.00 bits per heavy atom. The van der Waals surface area contributed by atoms with Crippen molar-refractivity contribution in [2.24, 2.45) is 0 Å². The van der Waals surface area contributed by atoms with E-state index in [0.717, 1.165) is 0 Å². The Hall–Kier alpha value is -1.51. The lowest BCUT2D eigenvalue weighted by molar-refractivity contribution is -0.227. The van der Waals surface area contributed by atoms with Crippen LogP contribution < -0.4 is 0 Å². The van der Waals surface area contributed by atoms with Crippen LogP contribution in [-0.2, 0) is 18.9 Å². The minimum Gasteiger partial charge on any atom is -0.453 e. The number of hydrogen-bond acceptors (Lipinski definition) is 7. The van der Waals surface area contributed by atoms with Crippen molar-refractivity contribution in [2.45, 2.75) is 50.3 Å². The van der Waals surface area contributed by atoms with Crippen molar-refractivity contribution < 1.29 is 34.0 Å². The highest BCUT2D eigenvalue weighted by Crippen LogP contribution is 2.38. The molecule has 126 valence electrons. The van der Waals surface area contributed by atoms with Crippen LogP contribution in [0.4, 0.5) is 0 Å². The van der Waals surface area contributed by atoms with E-state index in [1.807, 2.05) is 0 Å². The Labute approximate surface area is 133 Å². The number of carbonyl (C=O) groups excluding carboxylic acids is 1. The van der Waals surface area contributed by atoms with Crippen molar-refractivity contribution in [3.05, 3.63) is 35.9 Å². The molecule has 5 atom stereocenters. The Bertz CT molecular complexity index is 559. The zero-order valence-electron chi connectivity index (χ0n) is 12.9. The second kappa shape index (κ2) is 6.18. The SMILES string of the molecule is CC1(C)O[C@H]2O[C@H]([C@@H](CO)OC(=O)c3ccccc3)[C@@H](O)[C@H]2O1. The minimum atomic E-state index is -1.07. The number of benzene rings is 1. The summed E-state index contributed by atoms with van der Waals surface area (Å²) >= 11 is 0. The minimum absolute atomic E-state index is 0.354. The summed E-state index contributed by atoms with van der Waals surface area (Å²) in [5, 5.41) is 19.9. The summed E-state index contributed by atoms with van der Waals surface area (Å²) in [5.41, 5.74) is 0.354. The molecule has 0 bridgehead atoms. The fourth-order valence-corrected chi connectivity index (χ4v) is 2.81. The molecule has 0 aliphatic carbocycles. The van der Waals surface area contributed by atoms with E-state index in [1.165, 1.54) is 0 Å². The van der Waals surface area contributed by atoms with E-state index >= 15 is 0 Å². The fraction of sp³-hybridized carbons (Fsp3) is 0.562. The predicted molar refractivity (Wildman–Crippen MR) is 77.4 cm³/mol. The largest absolute Gasteiger partial charge is 0.453 e. The van der Waals surface area contributed by atoms with Gasteiger partial charge in [0, 0.05) is 0 Å². The first-order valence-electron chi connectivity index (χ1n) is 7.47. The number of esters is 1. The second-order valence-electron chi connectivity index (χ2n) is 6.05. The molecular formula is C16H20O7. The molecule has 2 aliphatic rings. The molecule has 0 radical (unpaired) electrons. The van der Waals surface area contributed by atoms with Gasteiger partial charge in [0.1, 0.15) is 18.3 Å². The van der Waals surface area contributed by atoms with Gasteiger partial charge in [-0.15, -0.1) is 0 Å². The summed E-state index contributed by atoms with van der Waals surface area (Å²) in [6.45, 7) is 2.95. The topological polar surface area (TPSA) is 94.5 Å². The molecule has 7 heteroatoms. The van der Waals surface area contributed by atoms with E-state index in [1.54, 1.807) is 44.2 Å². The van der Waals surface area contributed by atoms with Crippen molar-refractivity contribution in [1.29, 1.82) is 0 Å². The second-order valence-corrected chi connectivity index (χ2v) is 6.05. The van der Waals surface area contributed by atoms with Gasteiger partial charge < -0.3 is 29.2 Å². The third-order valence-corrected chi connectivity index (χ3v) is 3.87. The van der Waals surface area contributed by atoms with Gasteiger partial charge in [-0.05, 0) is 26.0 Å². The lowest BCUT2D eigenvalue weighted by Gasteiger charge is -2.27. The van der Waals surface area contributed by atoms with Crippen molar-refractivity contribution in [3.63, 3.8) is 0 Å². The molecule has 1 aromatic carbocycles. The Morgan fingerprint density at radius 1 is 1.30 bits per heavy atom. The van der Waals surface area contributed by atoms with Crippen LogP contribution in [0.3, 0.4) is 0 Å². The number of ether oxygens (including phenoxy) is 4. The Balaban J connectivity index is 1.67. The van der Waals surface area contributed by atoms with Crippen LogP contribution >= 0.6 is 0 Å². The van der Waals surface area contributed by atoms with Crippen LogP contribution in [0, 0.1) is 0 Å². The number of hydrogen-bond donors (Lipinski definition) is 2. The van der Waals surface area contributed by atoms with Crippen LogP contribution in [-0.4, -0.2) is 59.3 Å². The first-order valence-corrected chi connectivity index (χ1v) is 7.47. The van der Waals surface area contributed by atoms with E-state index in [2.05, 4.69) is 0 Å². The molecule has 7 nitrogen and oxygen atoms in total. The van der Waals surface area contributed by atoms with Gasteiger partial charge in [-0.25, -0.2) is 4.79 Å². The molecule has 2 fully saturated rings. The van der Waals surface area contributed by atoms with Gasteiger partial charge in [0.05, 0.1) is 12.2 Å². The number of carbonyl (C=O) groups is 1. The molecule has 0 unspecified atom stereocenters. The van der Waals surface area contributed by atoms with Gasteiger partial charge in [-0.1, -0.05) is 18.2 Å². The molecule has 1 aromatic rings. The third kappa shape index (κ3) is 3.24. The summed E-state index contributed by atoms with van der Waals surface area (Å²) < 4.78 is 22.0. The molecule has 0 saturated carbocycles. The van der Waals surface area contributed by atoms with Gasteiger partial charge >= 0.3 is 5.97 Å². The maximum atomic E-state index is 12.1. The molecule has 0 amide bonds. The van der Waals surface area contributed by atoms with E-state index in [4.69, 9.17) is 18.9 Å². The van der Waals surface area contributed by atoms with Gasteiger partial charge in [-0.2, -0.15) is 0 Å². The predicted octanol–water partition coefficient (Wildman–Crippen LogP) is 0.442. The van der Waals surface area contributed by atoms with Crippen LogP contribution in [0.2, 0.25) is 0 Å². The van der Waals surface area contributed by atoms with Gasteiger partial charge in [-0.3, -0.25) is 0 Å². The maximum absolute atomic E-state index is 12.1. The van der Waals surface area contributed by atoms with E-state index in [-0.39, 0.29) is 0 Å². The molecule has 2 saturated heterocycles. The van der Waals surface area contributed by atoms with Gasteiger partial charge in [0.2, 0.25) is 0 Å². The number of aliphatic hydroxyl groups excluding tert-OH is 2. The third-order valence-electron chi connectivity index (χ3n) is 3.87. The zero-order valence-corrected chi connectivity index (χ0v) is 12.9. The molecule has 0 aromatic heterocycles. The van der Waals surface area contributed by atoms with Crippen LogP contribution in [0.25, 0.3) is 0 Å². The van der Waals surface area contributed by atoms with Crippen molar-refractivity contribution in [1.82, 2.24) is 0 Å². The smallest absolute Gasteiger partial charge is 0.338 e. The maximum Gasteiger partial charge on any atom is 0.338 e. The number of rotatable bonds is 4. The first kappa shape index (κ1) is 16.4. The number of fused-ring (bicyclic) bond motifs is 1. The lowest BCUT2D eigenvalue weighted by atomic mass is 10.1. The van der Waals surface area contributed by atoms with Crippen LogP contribution in [0.15, 0.2) is 30.3 Å². The highest BCUT2D eigenvalue weighted by molar-refractivity contribution is 5.89. The molecule has 2 aliphatic heterocycles. The first-order chi connectivity index (χ1) is 10.9. The van der Waals surface area contributed by atoms with Gasteiger partial charge in [0.25, 0.3) is 0 Å². The normalized spacial score (nSPS) is 33.2. The van der Waals surface area contributed by atoms with Crippen LogP contribution in [0.5, 0.6) is 0 Å². The van der Waals surface area contributed by atoms with Crippen LogP contribution in [0.1, 0.15) is 24.2 Å². The summed E-state index contributed by atoms with van der Waals surface area (Å²) in [6.07, 6.45) is -4.44. The molecule has 2 heterocycles. The molecule has 2 N–H and O–H groups in total. The lowest BCUT2D eigenvalue weighted by Crippen LogP contribution is -2.44. The fourth-order valence-electron chi connectivity index (χ4n) is 2.81. The monoisotopic (exact) mass is 324 g/mol. The van der Waals surface area contributed by atoms with Crippen molar-refractivity contribution >= 4 is 5.97 Å². The standard InChI is InChI=1S/C16H20O7/c1-16(2)22-13-11(18)12(21-15(13)23-16)10(8-17)20-14(19)9-6-4-3-5-7-9/h3-7,10-13,15,17-18H,8H2,1-2H3/t10-,11-,12-,13-,15-/m1/s1. The van der Waals surface area contributed by atoms with E-state index in [9.17, 15) is 15.0 Å². The molecular weight excluding hydrogens is 304 g/mol. The van der Waals surface area contributed by atoms with Crippen molar-refractivity contribution in [3.8, 4) is 0 Å². The molecule has 3 rings (SSSR count). The Kier molecular flexibility index (Phi) is 4.39. The van der Waals surface area contributed by atoms with Crippen molar-refractivity contribution in [2.75, 3.05) is 6.61 Å². The summed E-state index contributed by atoms with van der Waals surface area (Å²) in [6, 6.07) is 8.40. The highest BCUT2D eigenvalue weighted by atomic mass is 16.8. The summed E-state index contributed by atoms with van der Waals surface area (Å²) in [4.78, 5) is 12.1. The summed E-state index contributed by atoms with van der Waals surface area (Å²) in [5.74, 6) is -1.45. The quantitative estimate of drug-likeness (QED) is 0.776. The molecule has 0 spiro atoms.